The molecule has 1 aromatic carbocycles. The van der Waals surface area contributed by atoms with Crippen LogP contribution in [0.25, 0.3) is 0 Å². The van der Waals surface area contributed by atoms with Crippen molar-refractivity contribution in [3.63, 3.8) is 0 Å². The zero-order chi connectivity index (χ0) is 15.4. The molecule has 1 N–H and O–H groups in total. The second kappa shape index (κ2) is 5.98. The quantitative estimate of drug-likeness (QED) is 0.903. The largest absolute Gasteiger partial charge is 0.354 e. The number of nitriles is 1. The molecule has 0 bridgehead atoms. The van der Waals surface area contributed by atoms with Crippen molar-refractivity contribution < 1.29 is 4.79 Å². The molecule has 0 unspecified atom stereocenters. The van der Waals surface area contributed by atoms with Gasteiger partial charge in [0.25, 0.3) is 5.82 Å². The van der Waals surface area contributed by atoms with Gasteiger partial charge in [-0.2, -0.15) is 5.26 Å². The highest BCUT2D eigenvalue weighted by Crippen LogP contribution is 2.43. The molecule has 3 rings (SSSR count). The van der Waals surface area contributed by atoms with E-state index in [-0.39, 0.29) is 23.7 Å². The summed E-state index contributed by atoms with van der Waals surface area (Å²) in [4.78, 5) is 15.8. The zero-order valence-electron chi connectivity index (χ0n) is 12.2. The first-order valence-corrected chi connectivity index (χ1v) is 7.34. The third-order valence-electron chi connectivity index (χ3n) is 4.26. The van der Waals surface area contributed by atoms with E-state index in [0.29, 0.717) is 6.54 Å². The fraction of sp³-hybridized carbons (Fsp3) is 0.375. The predicted molar refractivity (Wildman–Crippen MR) is 79.7 cm³/mol. The van der Waals surface area contributed by atoms with Crippen LogP contribution in [0.4, 0.5) is 0 Å². The Labute approximate surface area is 128 Å². The molecule has 6 heteroatoms. The van der Waals surface area contributed by atoms with E-state index in [4.69, 9.17) is 5.26 Å². The van der Waals surface area contributed by atoms with Crippen LogP contribution in [0.2, 0.25) is 0 Å². The Morgan fingerprint density at radius 2 is 2.14 bits per heavy atom. The summed E-state index contributed by atoms with van der Waals surface area (Å²) in [6.07, 6.45) is 4.78. The van der Waals surface area contributed by atoms with Crippen molar-refractivity contribution in [1.82, 2.24) is 20.1 Å². The molecule has 0 aliphatic heterocycles. The molecule has 0 atom stereocenters. The molecule has 1 aliphatic rings. The normalized spacial score (nSPS) is 15.6. The van der Waals surface area contributed by atoms with Crippen molar-refractivity contribution in [2.24, 2.45) is 0 Å². The van der Waals surface area contributed by atoms with E-state index in [1.165, 1.54) is 23.0 Å². The van der Waals surface area contributed by atoms with Gasteiger partial charge in [-0.05, 0) is 18.4 Å². The van der Waals surface area contributed by atoms with Gasteiger partial charge in [-0.1, -0.05) is 36.8 Å². The van der Waals surface area contributed by atoms with E-state index in [9.17, 15) is 4.79 Å². The molecule has 1 aromatic heterocycles. The van der Waals surface area contributed by atoms with Gasteiger partial charge in [-0.3, -0.25) is 4.79 Å². The zero-order valence-corrected chi connectivity index (χ0v) is 12.2. The van der Waals surface area contributed by atoms with Crippen LogP contribution in [0.1, 0.15) is 30.7 Å². The Kier molecular flexibility index (Phi) is 3.88. The number of nitrogens with zero attached hydrogens (tertiary/aromatic N) is 4. The number of rotatable bonds is 5. The van der Waals surface area contributed by atoms with Crippen molar-refractivity contribution in [1.29, 1.82) is 5.26 Å². The van der Waals surface area contributed by atoms with Gasteiger partial charge in [0.05, 0.1) is 0 Å². The van der Waals surface area contributed by atoms with Gasteiger partial charge in [0.2, 0.25) is 5.91 Å². The summed E-state index contributed by atoms with van der Waals surface area (Å²) in [6, 6.07) is 12.2. The summed E-state index contributed by atoms with van der Waals surface area (Å²) < 4.78 is 1.38. The summed E-state index contributed by atoms with van der Waals surface area (Å²) in [5.41, 5.74) is 1.35. The predicted octanol–water partition coefficient (Wildman–Crippen LogP) is 1.39. The molecule has 1 fully saturated rings. The summed E-state index contributed by atoms with van der Waals surface area (Å²) in [6.45, 7) is 0.717. The highest BCUT2D eigenvalue weighted by Gasteiger charge is 2.38. The summed E-state index contributed by atoms with van der Waals surface area (Å²) >= 11 is 0. The number of carbonyl (C=O) groups is 1. The lowest BCUT2D eigenvalue weighted by molar-refractivity contribution is -0.122. The van der Waals surface area contributed by atoms with E-state index in [2.05, 4.69) is 27.5 Å². The standard InChI is InChI=1S/C16H17N5O/c17-9-14-19-12-21(20-14)10-15(22)18-11-16(7-4-8-16)13-5-2-1-3-6-13/h1-3,5-6,12H,4,7-8,10-11H2,(H,18,22). The average molecular weight is 295 g/mol. The first kappa shape index (κ1) is 14.3. The number of carbonyl (C=O) groups excluding carboxylic acids is 1. The minimum Gasteiger partial charge on any atom is -0.354 e. The number of benzene rings is 1. The summed E-state index contributed by atoms with van der Waals surface area (Å²) in [5.74, 6) is -0.0378. The van der Waals surface area contributed by atoms with Crippen LogP contribution >= 0.6 is 0 Å². The summed E-state index contributed by atoms with van der Waals surface area (Å²) in [7, 11) is 0. The lowest BCUT2D eigenvalue weighted by Crippen LogP contribution is -2.46. The van der Waals surface area contributed by atoms with Crippen molar-refractivity contribution in [2.45, 2.75) is 31.2 Å². The van der Waals surface area contributed by atoms with E-state index in [1.54, 1.807) is 0 Å². The Balaban J connectivity index is 1.59. The molecule has 0 spiro atoms. The topological polar surface area (TPSA) is 83.6 Å². The fourth-order valence-electron chi connectivity index (χ4n) is 2.86. The van der Waals surface area contributed by atoms with Gasteiger partial charge < -0.3 is 5.32 Å². The molecule has 1 heterocycles. The monoisotopic (exact) mass is 295 g/mol. The van der Waals surface area contributed by atoms with Crippen molar-refractivity contribution in [3.8, 4) is 6.07 Å². The minimum absolute atomic E-state index is 0.0666. The lowest BCUT2D eigenvalue weighted by Gasteiger charge is -2.42. The molecule has 1 amide bonds. The van der Waals surface area contributed by atoms with Gasteiger partial charge in [0.15, 0.2) is 0 Å². The second-order valence-electron chi connectivity index (χ2n) is 5.65. The average Bonchev–Trinajstić information content (AvgIpc) is 2.95. The van der Waals surface area contributed by atoms with Crippen LogP contribution < -0.4 is 5.32 Å². The van der Waals surface area contributed by atoms with Crippen LogP contribution in [0.5, 0.6) is 0 Å². The van der Waals surface area contributed by atoms with Crippen LogP contribution in [-0.4, -0.2) is 27.2 Å². The molecule has 22 heavy (non-hydrogen) atoms. The van der Waals surface area contributed by atoms with Gasteiger partial charge in [0.1, 0.15) is 18.9 Å². The third-order valence-corrected chi connectivity index (χ3v) is 4.26. The smallest absolute Gasteiger partial charge is 0.252 e. The van der Waals surface area contributed by atoms with Gasteiger partial charge in [0, 0.05) is 12.0 Å². The molecule has 1 saturated carbocycles. The molecule has 0 radical (unpaired) electrons. The third kappa shape index (κ3) is 2.84. The van der Waals surface area contributed by atoms with E-state index in [0.717, 1.165) is 12.8 Å². The number of amides is 1. The first-order valence-electron chi connectivity index (χ1n) is 7.34. The Morgan fingerprint density at radius 3 is 2.73 bits per heavy atom. The Morgan fingerprint density at radius 1 is 1.36 bits per heavy atom. The van der Waals surface area contributed by atoms with E-state index < -0.39 is 0 Å². The van der Waals surface area contributed by atoms with Crippen LogP contribution in [0.3, 0.4) is 0 Å². The maximum Gasteiger partial charge on any atom is 0.252 e. The Bertz CT molecular complexity index is 697. The molecule has 1 aliphatic carbocycles. The molecular formula is C16H17N5O. The van der Waals surface area contributed by atoms with Gasteiger partial charge in [-0.25, -0.2) is 9.67 Å². The van der Waals surface area contributed by atoms with Crippen LogP contribution in [-0.2, 0) is 16.8 Å². The molecule has 6 nitrogen and oxygen atoms in total. The van der Waals surface area contributed by atoms with Crippen molar-refractivity contribution in [2.75, 3.05) is 6.54 Å². The van der Waals surface area contributed by atoms with Crippen molar-refractivity contribution >= 4 is 5.91 Å². The molecule has 0 saturated heterocycles. The fourth-order valence-corrected chi connectivity index (χ4v) is 2.86. The maximum atomic E-state index is 12.0. The minimum atomic E-state index is -0.114. The van der Waals surface area contributed by atoms with Crippen LogP contribution in [0, 0.1) is 11.3 Å². The summed E-state index contributed by atoms with van der Waals surface area (Å²) in [5, 5.41) is 15.6. The SMILES string of the molecule is N#Cc1ncn(CC(=O)NCC2(c3ccccc3)CCC2)n1. The highest BCUT2D eigenvalue weighted by atomic mass is 16.2. The second-order valence-corrected chi connectivity index (χ2v) is 5.65. The number of aromatic nitrogens is 3. The lowest BCUT2D eigenvalue weighted by atomic mass is 9.64. The molecular weight excluding hydrogens is 278 g/mol. The number of hydrogen-bond donors (Lipinski definition) is 1. The maximum absolute atomic E-state index is 12.0. The van der Waals surface area contributed by atoms with Crippen molar-refractivity contribution in [3.05, 3.63) is 48.0 Å². The van der Waals surface area contributed by atoms with Gasteiger partial charge in [-0.15, -0.1) is 5.10 Å². The first-order chi connectivity index (χ1) is 10.7. The Hall–Kier alpha value is -2.68. The van der Waals surface area contributed by atoms with E-state index in [1.807, 2.05) is 24.3 Å². The number of nitrogens with one attached hydrogen (secondary N) is 1. The molecule has 2 aromatic rings. The van der Waals surface area contributed by atoms with Crippen LogP contribution in [0.15, 0.2) is 36.7 Å². The number of hydrogen-bond acceptors (Lipinski definition) is 4. The highest BCUT2D eigenvalue weighted by molar-refractivity contribution is 5.75. The van der Waals surface area contributed by atoms with E-state index >= 15 is 0 Å². The molecule has 112 valence electrons. The van der Waals surface area contributed by atoms with Gasteiger partial charge >= 0.3 is 0 Å².